The molecule has 1 aromatic heterocycles. The van der Waals surface area contributed by atoms with Crippen molar-refractivity contribution in [2.75, 3.05) is 19.6 Å². The van der Waals surface area contributed by atoms with Crippen LogP contribution >= 0.6 is 12.4 Å². The normalized spacial score (nSPS) is 21.5. The number of nitrogens with zero attached hydrogens (tertiary/aromatic N) is 1. The molecule has 1 unspecified atom stereocenters. The third kappa shape index (κ3) is 4.47. The molecular formula is C14H25ClN4O3S. The van der Waals surface area contributed by atoms with Gasteiger partial charge in [-0.15, -0.1) is 12.4 Å². The summed E-state index contributed by atoms with van der Waals surface area (Å²) < 4.78 is 26.6. The minimum Gasteiger partial charge on any atom is -0.356 e. The third-order valence-corrected chi connectivity index (χ3v) is 5.56. The molecular weight excluding hydrogens is 340 g/mol. The monoisotopic (exact) mass is 364 g/mol. The van der Waals surface area contributed by atoms with Crippen LogP contribution in [0.25, 0.3) is 0 Å². The predicted molar refractivity (Wildman–Crippen MR) is 91.2 cm³/mol. The van der Waals surface area contributed by atoms with Crippen LogP contribution in [0, 0.1) is 5.41 Å². The zero-order chi connectivity index (χ0) is 16.5. The average Bonchev–Trinajstić information content (AvgIpc) is 3.04. The smallest absolute Gasteiger partial charge is 0.270 e. The van der Waals surface area contributed by atoms with Gasteiger partial charge in [-0.05, 0) is 38.3 Å². The second-order valence-corrected chi connectivity index (χ2v) is 8.23. The highest BCUT2D eigenvalue weighted by molar-refractivity contribution is 7.89. The first-order valence-corrected chi connectivity index (χ1v) is 8.85. The lowest BCUT2D eigenvalue weighted by Gasteiger charge is -2.22. The van der Waals surface area contributed by atoms with Crippen LogP contribution in [0.15, 0.2) is 17.2 Å². The molecule has 1 aromatic rings. The van der Waals surface area contributed by atoms with Crippen LogP contribution in [0.4, 0.5) is 0 Å². The Morgan fingerprint density at radius 3 is 2.70 bits per heavy atom. The molecule has 0 aromatic carbocycles. The summed E-state index contributed by atoms with van der Waals surface area (Å²) in [4.78, 5) is 17.0. The van der Waals surface area contributed by atoms with Crippen molar-refractivity contribution in [3.63, 3.8) is 0 Å². The molecule has 1 aliphatic rings. The molecule has 2 heterocycles. The number of carbonyl (C=O) groups is 1. The number of likely N-dealkylation sites (tertiary alicyclic amines) is 1. The van der Waals surface area contributed by atoms with E-state index in [0.717, 1.165) is 6.42 Å². The van der Waals surface area contributed by atoms with E-state index in [2.05, 4.69) is 16.6 Å². The minimum absolute atomic E-state index is 0. The largest absolute Gasteiger partial charge is 0.356 e. The lowest BCUT2D eigenvalue weighted by molar-refractivity contribution is 0.0771. The van der Waals surface area contributed by atoms with E-state index in [1.165, 1.54) is 12.3 Å². The molecule has 0 aliphatic carbocycles. The minimum atomic E-state index is -3.60. The fourth-order valence-corrected chi connectivity index (χ4v) is 3.81. The number of carbonyl (C=O) groups excluding carboxylic acids is 1. The molecule has 1 amide bonds. The number of halogens is 1. The van der Waals surface area contributed by atoms with Gasteiger partial charge in [-0.1, -0.05) is 6.92 Å². The van der Waals surface area contributed by atoms with E-state index in [-0.39, 0.29) is 40.4 Å². The zero-order valence-electron chi connectivity index (χ0n) is 13.6. The Bertz CT molecular complexity index is 659. The van der Waals surface area contributed by atoms with Gasteiger partial charge in [-0.3, -0.25) is 4.79 Å². The molecule has 7 nitrogen and oxygen atoms in total. The topological polar surface area (TPSA) is 108 Å². The number of aromatic nitrogens is 1. The van der Waals surface area contributed by atoms with Crippen molar-refractivity contribution < 1.29 is 13.2 Å². The van der Waals surface area contributed by atoms with Crippen molar-refractivity contribution in [3.8, 4) is 0 Å². The van der Waals surface area contributed by atoms with Gasteiger partial charge in [-0.2, -0.15) is 0 Å². The van der Waals surface area contributed by atoms with Gasteiger partial charge in [0.05, 0.1) is 0 Å². The van der Waals surface area contributed by atoms with Crippen molar-refractivity contribution in [2.24, 2.45) is 11.1 Å². The summed E-state index contributed by atoms with van der Waals surface area (Å²) in [6.07, 6.45) is 2.20. The molecule has 1 atom stereocenters. The molecule has 9 heteroatoms. The Balaban J connectivity index is 0.00000264. The van der Waals surface area contributed by atoms with Crippen molar-refractivity contribution in [1.29, 1.82) is 0 Å². The summed E-state index contributed by atoms with van der Waals surface area (Å²) in [5.74, 6) is -0.192. The second kappa shape index (κ2) is 7.21. The quantitative estimate of drug-likeness (QED) is 0.722. The number of amides is 1. The highest BCUT2D eigenvalue weighted by Crippen LogP contribution is 2.29. The van der Waals surface area contributed by atoms with Gasteiger partial charge in [-0.25, -0.2) is 13.1 Å². The summed E-state index contributed by atoms with van der Waals surface area (Å²) in [6, 6.07) is 1.17. The summed E-state index contributed by atoms with van der Waals surface area (Å²) >= 11 is 0. The molecule has 23 heavy (non-hydrogen) atoms. The number of hydrogen-bond acceptors (Lipinski definition) is 4. The number of aromatic amines is 1. The molecule has 132 valence electrons. The number of hydrogen-bond donors (Lipinski definition) is 3. The zero-order valence-corrected chi connectivity index (χ0v) is 15.3. The van der Waals surface area contributed by atoms with Crippen LogP contribution < -0.4 is 10.5 Å². The first-order chi connectivity index (χ1) is 10.2. The number of nitrogens with two attached hydrogens (primary N) is 1. The van der Waals surface area contributed by atoms with E-state index in [4.69, 9.17) is 5.73 Å². The molecule has 1 fully saturated rings. The van der Waals surface area contributed by atoms with Crippen molar-refractivity contribution >= 4 is 28.3 Å². The number of sulfonamides is 1. The Morgan fingerprint density at radius 1 is 1.52 bits per heavy atom. The molecule has 1 saturated heterocycles. The fraction of sp³-hybridized carbons (Fsp3) is 0.643. The first-order valence-electron chi connectivity index (χ1n) is 7.37. The predicted octanol–water partition coefficient (Wildman–Crippen LogP) is 0.934. The lowest BCUT2D eigenvalue weighted by Crippen LogP contribution is -2.34. The summed E-state index contributed by atoms with van der Waals surface area (Å²) in [6.45, 7) is 7.30. The summed E-state index contributed by atoms with van der Waals surface area (Å²) in [7, 11) is -3.60. The maximum Gasteiger partial charge on any atom is 0.270 e. The molecule has 1 aliphatic heterocycles. The molecule has 4 N–H and O–H groups in total. The molecule has 0 saturated carbocycles. The fourth-order valence-electron chi connectivity index (χ4n) is 2.57. The Morgan fingerprint density at radius 2 is 2.17 bits per heavy atom. The first kappa shape index (κ1) is 20.0. The van der Waals surface area contributed by atoms with Crippen LogP contribution in [-0.4, -0.2) is 49.9 Å². The molecule has 0 bridgehead atoms. The van der Waals surface area contributed by atoms with E-state index in [1.807, 2.05) is 0 Å². The van der Waals surface area contributed by atoms with E-state index < -0.39 is 10.0 Å². The number of rotatable bonds is 5. The Kier molecular flexibility index (Phi) is 6.25. The van der Waals surface area contributed by atoms with E-state index >= 15 is 0 Å². The van der Waals surface area contributed by atoms with Gasteiger partial charge in [0.25, 0.3) is 5.91 Å². The lowest BCUT2D eigenvalue weighted by atomic mass is 9.90. The van der Waals surface area contributed by atoms with Crippen molar-refractivity contribution in [2.45, 2.75) is 38.1 Å². The van der Waals surface area contributed by atoms with E-state index in [0.29, 0.717) is 19.6 Å². The van der Waals surface area contributed by atoms with Gasteiger partial charge >= 0.3 is 0 Å². The average molecular weight is 365 g/mol. The van der Waals surface area contributed by atoms with Crippen LogP contribution in [-0.2, 0) is 10.0 Å². The molecule has 0 spiro atoms. The van der Waals surface area contributed by atoms with Gasteiger partial charge in [0.1, 0.15) is 10.6 Å². The highest BCUT2D eigenvalue weighted by Gasteiger charge is 2.35. The Labute approximate surface area is 143 Å². The SMILES string of the molecule is CC(C)NS(=O)(=O)c1c[nH]c(C(=O)N2CCC(C)(CN)C2)c1.Cl. The summed E-state index contributed by atoms with van der Waals surface area (Å²) in [5, 5.41) is 0. The van der Waals surface area contributed by atoms with Crippen LogP contribution in [0.5, 0.6) is 0 Å². The van der Waals surface area contributed by atoms with Crippen LogP contribution in [0.3, 0.4) is 0 Å². The van der Waals surface area contributed by atoms with Gasteiger partial charge < -0.3 is 15.6 Å². The summed E-state index contributed by atoms with van der Waals surface area (Å²) in [5.41, 5.74) is 5.97. The number of H-pyrrole nitrogens is 1. The number of nitrogens with one attached hydrogen (secondary N) is 2. The van der Waals surface area contributed by atoms with Gasteiger partial charge in [0, 0.05) is 25.3 Å². The van der Waals surface area contributed by atoms with Crippen molar-refractivity contribution in [1.82, 2.24) is 14.6 Å². The third-order valence-electron chi connectivity index (χ3n) is 3.93. The van der Waals surface area contributed by atoms with Gasteiger partial charge in [0.2, 0.25) is 10.0 Å². The molecule has 0 radical (unpaired) electrons. The maximum absolute atomic E-state index is 12.5. The maximum atomic E-state index is 12.5. The van der Waals surface area contributed by atoms with Crippen LogP contribution in [0.1, 0.15) is 37.7 Å². The Hall–Kier alpha value is -1.09. The van der Waals surface area contributed by atoms with Gasteiger partial charge in [0.15, 0.2) is 0 Å². The van der Waals surface area contributed by atoms with E-state index in [1.54, 1.807) is 18.7 Å². The van der Waals surface area contributed by atoms with E-state index in [9.17, 15) is 13.2 Å². The second-order valence-electron chi connectivity index (χ2n) is 6.52. The highest BCUT2D eigenvalue weighted by atomic mass is 35.5. The van der Waals surface area contributed by atoms with Crippen molar-refractivity contribution in [3.05, 3.63) is 18.0 Å². The van der Waals surface area contributed by atoms with Crippen LogP contribution in [0.2, 0.25) is 0 Å². The molecule has 2 rings (SSSR count). The standard InChI is InChI=1S/C14H24N4O3S.ClH/c1-10(2)17-22(20,21)11-6-12(16-7-11)13(19)18-5-4-14(3,8-15)9-18;/h6-7,10,16-17H,4-5,8-9,15H2,1-3H3;1H.